The SMILES string of the molecule is N#CCc1ccccc1NC(=O)C=CC=C(c1ccc(C(F)(F)F)cc1)c1ccc(C(F)(F)F)cc1. The third kappa shape index (κ3) is 6.85. The molecule has 0 saturated heterocycles. The van der Waals surface area contributed by atoms with E-state index >= 15 is 0 Å². The molecule has 184 valence electrons. The van der Waals surface area contributed by atoms with Crippen molar-refractivity contribution in [1.82, 2.24) is 0 Å². The molecule has 0 fully saturated rings. The summed E-state index contributed by atoms with van der Waals surface area (Å²) in [7, 11) is 0. The maximum absolute atomic E-state index is 13.0. The maximum atomic E-state index is 13.0. The molecule has 0 saturated carbocycles. The molecule has 0 spiro atoms. The quantitative estimate of drug-likeness (QED) is 0.218. The lowest BCUT2D eigenvalue weighted by atomic mass is 9.95. The van der Waals surface area contributed by atoms with Gasteiger partial charge in [0.05, 0.1) is 23.6 Å². The van der Waals surface area contributed by atoms with E-state index in [1.165, 1.54) is 36.4 Å². The highest BCUT2D eigenvalue weighted by Gasteiger charge is 2.31. The summed E-state index contributed by atoms with van der Waals surface area (Å²) >= 11 is 0. The number of allylic oxidation sites excluding steroid dienone is 2. The molecule has 0 aliphatic carbocycles. The summed E-state index contributed by atoms with van der Waals surface area (Å²) < 4.78 is 77.7. The molecule has 0 bridgehead atoms. The van der Waals surface area contributed by atoms with Crippen LogP contribution in [0.25, 0.3) is 5.57 Å². The highest BCUT2D eigenvalue weighted by molar-refractivity contribution is 6.00. The van der Waals surface area contributed by atoms with E-state index in [1.807, 2.05) is 6.07 Å². The molecule has 1 amide bonds. The summed E-state index contributed by atoms with van der Waals surface area (Å²) in [6, 6.07) is 17.0. The van der Waals surface area contributed by atoms with Gasteiger partial charge in [0.1, 0.15) is 0 Å². The van der Waals surface area contributed by atoms with Crippen LogP contribution < -0.4 is 5.32 Å². The van der Waals surface area contributed by atoms with Crippen molar-refractivity contribution in [3.63, 3.8) is 0 Å². The van der Waals surface area contributed by atoms with Crippen molar-refractivity contribution in [2.45, 2.75) is 18.8 Å². The number of benzene rings is 3. The maximum Gasteiger partial charge on any atom is 0.416 e. The second kappa shape index (κ2) is 11.0. The molecule has 3 aromatic rings. The number of nitrogens with zero attached hydrogens (tertiary/aromatic N) is 1. The van der Waals surface area contributed by atoms with Crippen molar-refractivity contribution in [1.29, 1.82) is 5.26 Å². The Morgan fingerprint density at radius 1 is 0.806 bits per heavy atom. The summed E-state index contributed by atoms with van der Waals surface area (Å²) in [6.07, 6.45) is -5.07. The van der Waals surface area contributed by atoms with Gasteiger partial charge in [0.25, 0.3) is 0 Å². The number of anilines is 1. The molecule has 0 aliphatic rings. The number of nitriles is 1. The van der Waals surface area contributed by atoms with Gasteiger partial charge in [0.2, 0.25) is 5.91 Å². The molecule has 0 heterocycles. The van der Waals surface area contributed by atoms with Gasteiger partial charge in [-0.15, -0.1) is 0 Å². The van der Waals surface area contributed by atoms with Gasteiger partial charge >= 0.3 is 12.4 Å². The van der Waals surface area contributed by atoms with Crippen LogP contribution in [0.3, 0.4) is 0 Å². The molecule has 1 N–H and O–H groups in total. The Morgan fingerprint density at radius 2 is 1.31 bits per heavy atom. The van der Waals surface area contributed by atoms with Crippen molar-refractivity contribution in [3.05, 3.63) is 119 Å². The van der Waals surface area contributed by atoms with Crippen LogP contribution in [0.5, 0.6) is 0 Å². The van der Waals surface area contributed by atoms with Gasteiger partial charge in [-0.25, -0.2) is 0 Å². The Balaban J connectivity index is 1.92. The van der Waals surface area contributed by atoms with E-state index in [1.54, 1.807) is 24.3 Å². The smallest absolute Gasteiger partial charge is 0.322 e. The van der Waals surface area contributed by atoms with Gasteiger partial charge in [-0.1, -0.05) is 54.6 Å². The van der Waals surface area contributed by atoms with Crippen molar-refractivity contribution < 1.29 is 31.1 Å². The fraction of sp³-hybridized carbons (Fsp3) is 0.111. The van der Waals surface area contributed by atoms with Gasteiger partial charge in [-0.2, -0.15) is 31.6 Å². The van der Waals surface area contributed by atoms with Crippen LogP contribution in [0, 0.1) is 11.3 Å². The minimum absolute atomic E-state index is 0.0893. The number of rotatable bonds is 6. The largest absolute Gasteiger partial charge is 0.416 e. The first-order chi connectivity index (χ1) is 17.0. The average Bonchev–Trinajstić information content (AvgIpc) is 2.82. The summed E-state index contributed by atoms with van der Waals surface area (Å²) in [4.78, 5) is 12.4. The van der Waals surface area contributed by atoms with E-state index in [4.69, 9.17) is 5.26 Å². The molecule has 9 heteroatoms. The lowest BCUT2D eigenvalue weighted by Crippen LogP contribution is -2.09. The molecule has 3 rings (SSSR count). The number of hydrogen-bond acceptors (Lipinski definition) is 2. The molecule has 0 aliphatic heterocycles. The van der Waals surface area contributed by atoms with Gasteiger partial charge in [-0.05, 0) is 52.6 Å². The van der Waals surface area contributed by atoms with Gasteiger partial charge in [0.15, 0.2) is 0 Å². The first kappa shape index (κ1) is 26.3. The van der Waals surface area contributed by atoms with Gasteiger partial charge < -0.3 is 5.32 Å². The van der Waals surface area contributed by atoms with Crippen LogP contribution in [0.1, 0.15) is 27.8 Å². The molecule has 0 unspecified atom stereocenters. The van der Waals surface area contributed by atoms with E-state index in [0.717, 1.165) is 30.3 Å². The van der Waals surface area contributed by atoms with E-state index in [2.05, 4.69) is 5.32 Å². The number of nitrogens with one attached hydrogen (secondary N) is 1. The standard InChI is InChI=1S/C27H18F6N2O/c28-26(29,30)21-12-8-18(9-13-21)23(19-10-14-22(15-11-19)27(31,32)33)5-3-7-25(36)35-24-6-2-1-4-20(24)16-17-34/h1-15H,16H2,(H,35,36). The first-order valence-corrected chi connectivity index (χ1v) is 10.5. The molecule has 3 nitrogen and oxygen atoms in total. The van der Waals surface area contributed by atoms with E-state index in [-0.39, 0.29) is 6.42 Å². The normalized spacial score (nSPS) is 11.7. The summed E-state index contributed by atoms with van der Waals surface area (Å²) in [6.45, 7) is 0. The Morgan fingerprint density at radius 3 is 1.78 bits per heavy atom. The molecule has 36 heavy (non-hydrogen) atoms. The van der Waals surface area contributed by atoms with Crippen LogP contribution in [-0.2, 0) is 23.6 Å². The Kier molecular flexibility index (Phi) is 8.00. The molecule has 0 aromatic heterocycles. The van der Waals surface area contributed by atoms with Crippen LogP contribution in [0.2, 0.25) is 0 Å². The van der Waals surface area contributed by atoms with Crippen molar-refractivity contribution in [3.8, 4) is 6.07 Å². The van der Waals surface area contributed by atoms with Crippen molar-refractivity contribution >= 4 is 17.2 Å². The topological polar surface area (TPSA) is 52.9 Å². The summed E-state index contributed by atoms with van der Waals surface area (Å²) in [5, 5.41) is 11.6. The number of carbonyl (C=O) groups is 1. The molecular weight excluding hydrogens is 482 g/mol. The fourth-order valence-electron chi connectivity index (χ4n) is 3.32. The number of halogens is 6. The van der Waals surface area contributed by atoms with Gasteiger partial charge in [-0.3, -0.25) is 4.79 Å². The summed E-state index contributed by atoms with van der Waals surface area (Å²) in [5.74, 6) is -0.532. The van der Waals surface area contributed by atoms with Crippen molar-refractivity contribution in [2.75, 3.05) is 5.32 Å². The lowest BCUT2D eigenvalue weighted by molar-refractivity contribution is -0.138. The van der Waals surface area contributed by atoms with E-state index in [0.29, 0.717) is 28.0 Å². The molecular formula is C27H18F6N2O. The highest BCUT2D eigenvalue weighted by Crippen LogP contribution is 2.33. The second-order valence-electron chi connectivity index (χ2n) is 7.57. The number of alkyl halides is 6. The highest BCUT2D eigenvalue weighted by atomic mass is 19.4. The first-order valence-electron chi connectivity index (χ1n) is 10.5. The predicted octanol–water partition coefficient (Wildman–Crippen LogP) is 7.42. The Hall–Kier alpha value is -4.32. The number of hydrogen-bond donors (Lipinski definition) is 1. The monoisotopic (exact) mass is 500 g/mol. The predicted molar refractivity (Wildman–Crippen MR) is 123 cm³/mol. The van der Waals surface area contributed by atoms with Crippen molar-refractivity contribution in [2.24, 2.45) is 0 Å². The van der Waals surface area contributed by atoms with E-state index < -0.39 is 29.4 Å². The molecule has 3 aromatic carbocycles. The number of para-hydroxylation sites is 1. The average molecular weight is 500 g/mol. The zero-order valence-electron chi connectivity index (χ0n) is 18.5. The third-order valence-corrected chi connectivity index (χ3v) is 5.10. The van der Waals surface area contributed by atoms with Gasteiger partial charge in [0, 0.05) is 11.8 Å². The summed E-state index contributed by atoms with van der Waals surface area (Å²) in [5.41, 5.74) is 0.259. The van der Waals surface area contributed by atoms with E-state index in [9.17, 15) is 31.1 Å². The second-order valence-corrected chi connectivity index (χ2v) is 7.57. The lowest BCUT2D eigenvalue weighted by Gasteiger charge is -2.12. The molecule has 0 atom stereocenters. The minimum Gasteiger partial charge on any atom is -0.322 e. The van der Waals surface area contributed by atoms with Crippen LogP contribution in [0.4, 0.5) is 32.0 Å². The minimum atomic E-state index is -4.55. The van der Waals surface area contributed by atoms with Crippen LogP contribution in [-0.4, -0.2) is 5.91 Å². The van der Waals surface area contributed by atoms with Crippen LogP contribution >= 0.6 is 0 Å². The number of amides is 1. The van der Waals surface area contributed by atoms with Crippen LogP contribution in [0.15, 0.2) is 91.0 Å². The third-order valence-electron chi connectivity index (χ3n) is 5.10. The zero-order valence-corrected chi connectivity index (χ0v) is 18.5. The Labute approximate surface area is 203 Å². The number of carbonyl (C=O) groups excluding carboxylic acids is 1. The fourth-order valence-corrected chi connectivity index (χ4v) is 3.32. The molecule has 0 radical (unpaired) electrons. The zero-order chi connectivity index (χ0) is 26.3. The Bertz CT molecular complexity index is 1250.